The summed E-state index contributed by atoms with van der Waals surface area (Å²) in [5, 5.41) is 5.64. The molecule has 0 saturated heterocycles. The second-order valence-electron chi connectivity index (χ2n) is 6.03. The summed E-state index contributed by atoms with van der Waals surface area (Å²) in [6.45, 7) is 2.03. The molecule has 134 valence electrons. The van der Waals surface area contributed by atoms with Crippen molar-refractivity contribution in [1.29, 1.82) is 0 Å². The van der Waals surface area contributed by atoms with Crippen molar-refractivity contribution in [3.05, 3.63) is 59.2 Å². The maximum absolute atomic E-state index is 12.5. The van der Waals surface area contributed by atoms with Gasteiger partial charge in [0.05, 0.1) is 12.2 Å². The third kappa shape index (κ3) is 4.08. The van der Waals surface area contributed by atoms with Crippen LogP contribution in [0.15, 0.2) is 42.5 Å². The number of benzene rings is 2. The summed E-state index contributed by atoms with van der Waals surface area (Å²) in [7, 11) is 0. The minimum absolute atomic E-state index is 0.00303. The first kappa shape index (κ1) is 17.7. The Labute approximate surface area is 151 Å². The van der Waals surface area contributed by atoms with Crippen LogP contribution in [0.2, 0.25) is 0 Å². The van der Waals surface area contributed by atoms with Crippen LogP contribution in [0.4, 0.5) is 11.4 Å². The fourth-order valence-corrected chi connectivity index (χ4v) is 2.86. The maximum atomic E-state index is 12.5. The molecule has 2 aromatic rings. The molecule has 0 saturated carbocycles. The molecule has 1 aliphatic heterocycles. The topological polar surface area (TPSA) is 84.5 Å². The van der Waals surface area contributed by atoms with Crippen molar-refractivity contribution in [2.24, 2.45) is 0 Å². The molecule has 2 N–H and O–H groups in total. The Morgan fingerprint density at radius 3 is 2.77 bits per heavy atom. The van der Waals surface area contributed by atoms with Crippen LogP contribution in [0.3, 0.4) is 0 Å². The summed E-state index contributed by atoms with van der Waals surface area (Å²) in [4.78, 5) is 36.0. The molecule has 0 aliphatic carbocycles. The smallest absolute Gasteiger partial charge is 0.338 e. The second-order valence-corrected chi connectivity index (χ2v) is 6.03. The lowest BCUT2D eigenvalue weighted by Crippen LogP contribution is -2.14. The van der Waals surface area contributed by atoms with Crippen molar-refractivity contribution < 1.29 is 19.1 Å². The monoisotopic (exact) mass is 352 g/mol. The Balaban J connectivity index is 1.76. The van der Waals surface area contributed by atoms with Crippen LogP contribution in [-0.4, -0.2) is 24.4 Å². The Hall–Kier alpha value is -3.15. The van der Waals surface area contributed by atoms with Gasteiger partial charge in [-0.05, 0) is 61.7 Å². The predicted octanol–water partition coefficient (Wildman–Crippen LogP) is 3.39. The van der Waals surface area contributed by atoms with E-state index in [9.17, 15) is 14.4 Å². The lowest BCUT2D eigenvalue weighted by atomic mass is 10.0. The van der Waals surface area contributed by atoms with E-state index in [2.05, 4.69) is 10.6 Å². The summed E-state index contributed by atoms with van der Waals surface area (Å²) in [5.74, 6) is -0.703. The van der Waals surface area contributed by atoms with Crippen molar-refractivity contribution in [3.8, 4) is 0 Å². The molecular formula is C20H20N2O4. The lowest BCUT2D eigenvalue weighted by Gasteiger charge is -2.10. The van der Waals surface area contributed by atoms with Crippen LogP contribution in [-0.2, 0) is 16.0 Å². The highest BCUT2D eigenvalue weighted by Crippen LogP contribution is 2.24. The van der Waals surface area contributed by atoms with Gasteiger partial charge >= 0.3 is 5.97 Å². The molecule has 0 aromatic heterocycles. The first-order valence-corrected chi connectivity index (χ1v) is 8.58. The first-order chi connectivity index (χ1) is 12.6. The van der Waals surface area contributed by atoms with Gasteiger partial charge in [0.15, 0.2) is 0 Å². The Kier molecular flexibility index (Phi) is 5.31. The highest BCUT2D eigenvalue weighted by atomic mass is 16.5. The zero-order valence-electron chi connectivity index (χ0n) is 14.5. The number of anilines is 2. The molecule has 6 heteroatoms. The Morgan fingerprint density at radius 2 is 1.96 bits per heavy atom. The normalized spacial score (nSPS) is 13.2. The number of ether oxygens (including phenoxy) is 1. The standard InChI is InChI=1S/C20H20N2O4/c1-2-26-20(25)15-6-3-7-16(12-15)21-19(24)14-9-10-17-13(11-14)5-4-8-18(23)22-17/h3,6-7,9-12H,2,4-5,8H2,1H3,(H,21,24)(H,22,23). The fraction of sp³-hybridized carbons (Fsp3) is 0.250. The van der Waals surface area contributed by atoms with Crippen molar-refractivity contribution in [1.82, 2.24) is 0 Å². The van der Waals surface area contributed by atoms with Gasteiger partial charge in [0.1, 0.15) is 0 Å². The van der Waals surface area contributed by atoms with Crippen LogP contribution in [0.5, 0.6) is 0 Å². The van der Waals surface area contributed by atoms with Crippen molar-refractivity contribution in [2.45, 2.75) is 26.2 Å². The molecule has 0 spiro atoms. The van der Waals surface area contributed by atoms with E-state index in [0.717, 1.165) is 24.1 Å². The van der Waals surface area contributed by atoms with Crippen LogP contribution >= 0.6 is 0 Å². The molecule has 6 nitrogen and oxygen atoms in total. The van der Waals surface area contributed by atoms with Gasteiger partial charge in [-0.3, -0.25) is 9.59 Å². The van der Waals surface area contributed by atoms with Gasteiger partial charge in [-0.15, -0.1) is 0 Å². The number of carbonyl (C=O) groups is 3. The highest BCUT2D eigenvalue weighted by molar-refractivity contribution is 6.05. The molecule has 0 unspecified atom stereocenters. The van der Waals surface area contributed by atoms with E-state index in [4.69, 9.17) is 4.74 Å². The zero-order valence-corrected chi connectivity index (χ0v) is 14.5. The molecule has 0 fully saturated rings. The Morgan fingerprint density at radius 1 is 1.12 bits per heavy atom. The third-order valence-corrected chi connectivity index (χ3v) is 4.12. The number of hydrogen-bond acceptors (Lipinski definition) is 4. The number of amides is 2. The summed E-state index contributed by atoms with van der Waals surface area (Å²) >= 11 is 0. The first-order valence-electron chi connectivity index (χ1n) is 8.58. The number of rotatable bonds is 4. The summed E-state index contributed by atoms with van der Waals surface area (Å²) in [6, 6.07) is 11.8. The Bertz CT molecular complexity index is 861. The highest BCUT2D eigenvalue weighted by Gasteiger charge is 2.16. The van der Waals surface area contributed by atoms with Gasteiger partial charge in [0.2, 0.25) is 5.91 Å². The number of fused-ring (bicyclic) bond motifs is 1. The number of carbonyl (C=O) groups excluding carboxylic acids is 3. The van der Waals surface area contributed by atoms with E-state index >= 15 is 0 Å². The molecule has 2 amide bonds. The van der Waals surface area contributed by atoms with E-state index in [1.807, 2.05) is 0 Å². The van der Waals surface area contributed by atoms with Gasteiger partial charge in [-0.1, -0.05) is 6.07 Å². The van der Waals surface area contributed by atoms with Gasteiger partial charge in [0, 0.05) is 23.4 Å². The minimum Gasteiger partial charge on any atom is -0.462 e. The number of nitrogens with one attached hydrogen (secondary N) is 2. The van der Waals surface area contributed by atoms with Crippen LogP contribution in [0, 0.1) is 0 Å². The van der Waals surface area contributed by atoms with E-state index in [1.165, 1.54) is 0 Å². The summed E-state index contributed by atoms with van der Waals surface area (Å²) < 4.78 is 4.97. The predicted molar refractivity (Wildman–Crippen MR) is 98.4 cm³/mol. The van der Waals surface area contributed by atoms with Gasteiger partial charge in [-0.25, -0.2) is 4.79 Å². The molecule has 26 heavy (non-hydrogen) atoms. The molecule has 1 heterocycles. The van der Waals surface area contributed by atoms with Crippen LogP contribution in [0.1, 0.15) is 46.0 Å². The summed E-state index contributed by atoms with van der Waals surface area (Å²) in [5.41, 5.74) is 3.11. The molecule has 3 rings (SSSR count). The molecular weight excluding hydrogens is 332 g/mol. The molecule has 1 aliphatic rings. The van der Waals surface area contributed by atoms with E-state index < -0.39 is 5.97 Å². The lowest BCUT2D eigenvalue weighted by molar-refractivity contribution is -0.116. The molecule has 2 aromatic carbocycles. The zero-order chi connectivity index (χ0) is 18.5. The SMILES string of the molecule is CCOC(=O)c1cccc(NC(=O)c2ccc3c(c2)CCCC(=O)N3)c1. The van der Waals surface area contributed by atoms with Gasteiger partial charge in [0.25, 0.3) is 5.91 Å². The van der Waals surface area contributed by atoms with E-state index in [1.54, 1.807) is 49.4 Å². The van der Waals surface area contributed by atoms with Crippen LogP contribution in [0.25, 0.3) is 0 Å². The quantitative estimate of drug-likeness (QED) is 0.826. The largest absolute Gasteiger partial charge is 0.462 e. The molecule has 0 radical (unpaired) electrons. The fourth-order valence-electron chi connectivity index (χ4n) is 2.86. The summed E-state index contributed by atoms with van der Waals surface area (Å²) in [6.07, 6.45) is 1.98. The minimum atomic E-state index is -0.427. The van der Waals surface area contributed by atoms with Crippen LogP contribution < -0.4 is 10.6 Å². The second kappa shape index (κ2) is 7.82. The average Bonchev–Trinajstić information content (AvgIpc) is 2.82. The van der Waals surface area contributed by atoms with Crippen molar-refractivity contribution >= 4 is 29.2 Å². The van der Waals surface area contributed by atoms with Gasteiger partial charge < -0.3 is 15.4 Å². The number of aryl methyl sites for hydroxylation is 1. The van der Waals surface area contributed by atoms with Crippen molar-refractivity contribution in [2.75, 3.05) is 17.2 Å². The molecule has 0 atom stereocenters. The van der Waals surface area contributed by atoms with E-state index in [-0.39, 0.29) is 11.8 Å². The average molecular weight is 352 g/mol. The van der Waals surface area contributed by atoms with Gasteiger partial charge in [-0.2, -0.15) is 0 Å². The third-order valence-electron chi connectivity index (χ3n) is 4.12. The molecule has 0 bridgehead atoms. The van der Waals surface area contributed by atoms with E-state index in [0.29, 0.717) is 29.8 Å². The number of esters is 1. The number of hydrogen-bond donors (Lipinski definition) is 2. The van der Waals surface area contributed by atoms with Crippen molar-refractivity contribution in [3.63, 3.8) is 0 Å². The maximum Gasteiger partial charge on any atom is 0.338 e.